The summed E-state index contributed by atoms with van der Waals surface area (Å²) < 4.78 is 11.0. The molecule has 2 fully saturated rings. The number of aryl methyl sites for hydroxylation is 1. The monoisotopic (exact) mass is 308 g/mol. The highest BCUT2D eigenvalue weighted by molar-refractivity contribution is 4.89. The van der Waals surface area contributed by atoms with Crippen molar-refractivity contribution in [1.82, 2.24) is 19.9 Å². The Morgan fingerprint density at radius 3 is 2.95 bits per heavy atom. The van der Waals surface area contributed by atoms with Gasteiger partial charge in [-0.1, -0.05) is 12.1 Å². The van der Waals surface area contributed by atoms with Crippen molar-refractivity contribution >= 4 is 0 Å². The molecule has 1 aromatic rings. The van der Waals surface area contributed by atoms with Crippen LogP contribution in [0.25, 0.3) is 0 Å². The summed E-state index contributed by atoms with van der Waals surface area (Å²) in [6, 6.07) is 0.576. The molecule has 2 aliphatic heterocycles. The number of likely N-dealkylation sites (tertiary alicyclic amines) is 1. The highest BCUT2D eigenvalue weighted by Crippen LogP contribution is 2.20. The van der Waals surface area contributed by atoms with Crippen molar-refractivity contribution in [2.75, 3.05) is 33.3 Å². The van der Waals surface area contributed by atoms with Crippen molar-refractivity contribution in [1.29, 1.82) is 0 Å². The van der Waals surface area contributed by atoms with E-state index in [1.165, 1.54) is 32.2 Å². The second-order valence-electron chi connectivity index (χ2n) is 6.56. The molecule has 2 saturated heterocycles. The molecule has 0 N–H and O–H groups in total. The summed E-state index contributed by atoms with van der Waals surface area (Å²) in [5.41, 5.74) is 0. The molecule has 0 amide bonds. The average molecular weight is 308 g/mol. The molecule has 6 heteroatoms. The van der Waals surface area contributed by atoms with Crippen LogP contribution in [0.15, 0.2) is 4.52 Å². The summed E-state index contributed by atoms with van der Waals surface area (Å²) in [7, 11) is 2.16. The first-order valence-electron chi connectivity index (χ1n) is 8.60. The quantitative estimate of drug-likeness (QED) is 0.797. The molecule has 2 atom stereocenters. The lowest BCUT2D eigenvalue weighted by Crippen LogP contribution is -2.38. The van der Waals surface area contributed by atoms with E-state index in [1.54, 1.807) is 0 Å². The number of hydrogen-bond acceptors (Lipinski definition) is 6. The highest BCUT2D eigenvalue weighted by Gasteiger charge is 2.28. The van der Waals surface area contributed by atoms with Crippen LogP contribution in [0.2, 0.25) is 0 Å². The lowest BCUT2D eigenvalue weighted by Gasteiger charge is -2.28. The molecule has 3 heterocycles. The molecule has 0 saturated carbocycles. The van der Waals surface area contributed by atoms with Gasteiger partial charge in [-0.05, 0) is 39.3 Å². The predicted octanol–water partition coefficient (Wildman–Crippen LogP) is 1.71. The van der Waals surface area contributed by atoms with E-state index in [1.807, 2.05) is 6.92 Å². The van der Waals surface area contributed by atoms with Crippen LogP contribution >= 0.6 is 0 Å². The van der Waals surface area contributed by atoms with Crippen LogP contribution in [-0.4, -0.2) is 65.4 Å². The third kappa shape index (κ3) is 4.06. The molecule has 0 radical (unpaired) electrons. The van der Waals surface area contributed by atoms with E-state index in [4.69, 9.17) is 9.26 Å². The van der Waals surface area contributed by atoms with E-state index in [-0.39, 0.29) is 0 Å². The Balaban J connectivity index is 1.44. The minimum absolute atomic E-state index is 0.446. The lowest BCUT2D eigenvalue weighted by atomic mass is 10.1. The Morgan fingerprint density at radius 1 is 1.32 bits per heavy atom. The maximum absolute atomic E-state index is 5.86. The van der Waals surface area contributed by atoms with E-state index in [0.717, 1.165) is 44.4 Å². The summed E-state index contributed by atoms with van der Waals surface area (Å²) in [5.74, 6) is 1.53. The molecule has 2 aliphatic rings. The van der Waals surface area contributed by atoms with Gasteiger partial charge in [0.2, 0.25) is 5.89 Å². The minimum atomic E-state index is 0.446. The van der Waals surface area contributed by atoms with Gasteiger partial charge in [0.1, 0.15) is 0 Å². The van der Waals surface area contributed by atoms with Crippen LogP contribution in [0.3, 0.4) is 0 Å². The number of rotatable bonds is 6. The van der Waals surface area contributed by atoms with Gasteiger partial charge in [-0.3, -0.25) is 9.80 Å². The molecular weight excluding hydrogens is 280 g/mol. The normalized spacial score (nSPS) is 26.9. The molecule has 3 rings (SSSR count). The Morgan fingerprint density at radius 2 is 2.23 bits per heavy atom. The number of nitrogens with zero attached hydrogens (tertiary/aromatic N) is 4. The molecule has 2 unspecified atom stereocenters. The maximum Gasteiger partial charge on any atom is 0.226 e. The fourth-order valence-corrected chi connectivity index (χ4v) is 3.43. The number of aromatic nitrogens is 2. The molecule has 0 bridgehead atoms. The lowest BCUT2D eigenvalue weighted by molar-refractivity contribution is -0.00281. The second kappa shape index (κ2) is 7.53. The largest absolute Gasteiger partial charge is 0.377 e. The van der Waals surface area contributed by atoms with Crippen LogP contribution in [0.5, 0.6) is 0 Å². The topological polar surface area (TPSA) is 54.6 Å². The number of hydrogen-bond donors (Lipinski definition) is 0. The van der Waals surface area contributed by atoms with E-state index in [0.29, 0.717) is 12.1 Å². The van der Waals surface area contributed by atoms with Crippen LogP contribution in [0.4, 0.5) is 0 Å². The Labute approximate surface area is 132 Å². The average Bonchev–Trinajstić information content (AvgIpc) is 3.17. The Bertz CT molecular complexity index is 459. The highest BCUT2D eigenvalue weighted by atomic mass is 16.5. The van der Waals surface area contributed by atoms with Gasteiger partial charge in [-0.25, -0.2) is 0 Å². The van der Waals surface area contributed by atoms with Gasteiger partial charge in [0.15, 0.2) is 5.82 Å². The van der Waals surface area contributed by atoms with E-state index >= 15 is 0 Å². The Hall–Kier alpha value is -0.980. The number of likely N-dealkylation sites (N-methyl/N-ethyl adjacent to an activating group) is 1. The maximum atomic E-state index is 5.86. The molecular formula is C16H28N4O2. The predicted molar refractivity (Wildman–Crippen MR) is 83.6 cm³/mol. The minimum Gasteiger partial charge on any atom is -0.377 e. The first kappa shape index (κ1) is 15.9. The SMILES string of the molecule is CCc1nc(CN(C)C2CCN(CC3CCCCO3)C2)no1. The molecule has 0 aliphatic carbocycles. The fraction of sp³-hybridized carbons (Fsp3) is 0.875. The molecule has 0 aromatic carbocycles. The van der Waals surface area contributed by atoms with E-state index < -0.39 is 0 Å². The van der Waals surface area contributed by atoms with Crippen LogP contribution in [0, 0.1) is 0 Å². The van der Waals surface area contributed by atoms with Crippen LogP contribution in [-0.2, 0) is 17.7 Å². The van der Waals surface area contributed by atoms with Gasteiger partial charge in [-0.2, -0.15) is 4.98 Å². The van der Waals surface area contributed by atoms with Gasteiger partial charge in [-0.15, -0.1) is 0 Å². The zero-order valence-corrected chi connectivity index (χ0v) is 13.8. The van der Waals surface area contributed by atoms with Crippen molar-refractivity contribution in [2.24, 2.45) is 0 Å². The van der Waals surface area contributed by atoms with Crippen molar-refractivity contribution in [2.45, 2.75) is 57.7 Å². The summed E-state index contributed by atoms with van der Waals surface area (Å²) in [6.07, 6.45) is 6.23. The summed E-state index contributed by atoms with van der Waals surface area (Å²) in [6.45, 7) is 7.12. The van der Waals surface area contributed by atoms with Crippen LogP contribution in [0.1, 0.15) is 44.3 Å². The van der Waals surface area contributed by atoms with Crippen molar-refractivity contribution < 1.29 is 9.26 Å². The van der Waals surface area contributed by atoms with Crippen molar-refractivity contribution in [3.63, 3.8) is 0 Å². The second-order valence-corrected chi connectivity index (χ2v) is 6.56. The summed E-state index contributed by atoms with van der Waals surface area (Å²) in [4.78, 5) is 9.30. The first-order valence-corrected chi connectivity index (χ1v) is 8.60. The molecule has 1 aromatic heterocycles. The van der Waals surface area contributed by atoms with Gasteiger partial charge in [0.05, 0.1) is 12.6 Å². The van der Waals surface area contributed by atoms with E-state index in [9.17, 15) is 0 Å². The molecule has 22 heavy (non-hydrogen) atoms. The molecule has 6 nitrogen and oxygen atoms in total. The third-order valence-corrected chi connectivity index (χ3v) is 4.81. The van der Waals surface area contributed by atoms with Gasteiger partial charge < -0.3 is 9.26 Å². The smallest absolute Gasteiger partial charge is 0.226 e. The van der Waals surface area contributed by atoms with Gasteiger partial charge in [0, 0.05) is 32.2 Å². The van der Waals surface area contributed by atoms with E-state index in [2.05, 4.69) is 27.0 Å². The molecule has 0 spiro atoms. The third-order valence-electron chi connectivity index (χ3n) is 4.81. The van der Waals surface area contributed by atoms with Crippen LogP contribution < -0.4 is 0 Å². The first-order chi connectivity index (χ1) is 10.7. The zero-order chi connectivity index (χ0) is 15.4. The number of ether oxygens (including phenoxy) is 1. The van der Waals surface area contributed by atoms with Gasteiger partial charge >= 0.3 is 0 Å². The Kier molecular flexibility index (Phi) is 5.44. The standard InChI is InChI=1S/C16H28N4O2/c1-3-16-17-15(18-22-16)12-19(2)13-7-8-20(10-13)11-14-6-4-5-9-21-14/h13-14H,3-12H2,1-2H3. The zero-order valence-electron chi connectivity index (χ0n) is 13.8. The summed E-state index contributed by atoms with van der Waals surface area (Å²) in [5, 5.41) is 4.05. The fourth-order valence-electron chi connectivity index (χ4n) is 3.43. The molecule has 124 valence electrons. The van der Waals surface area contributed by atoms with Crippen molar-refractivity contribution in [3.8, 4) is 0 Å². The summed E-state index contributed by atoms with van der Waals surface area (Å²) >= 11 is 0. The van der Waals surface area contributed by atoms with Crippen molar-refractivity contribution in [3.05, 3.63) is 11.7 Å². The van der Waals surface area contributed by atoms with Gasteiger partial charge in [0.25, 0.3) is 0 Å².